The molecule has 0 bridgehead atoms. The molecule has 2 rings (SSSR count). The van der Waals surface area contributed by atoms with Gasteiger partial charge in [-0.1, -0.05) is 23.2 Å². The lowest BCUT2D eigenvalue weighted by Gasteiger charge is -2.28. The molecule has 1 saturated heterocycles. The van der Waals surface area contributed by atoms with Gasteiger partial charge >= 0.3 is 0 Å². The first-order chi connectivity index (χ1) is 8.70. The Morgan fingerprint density at radius 1 is 1.22 bits per heavy atom. The fourth-order valence-corrected chi connectivity index (χ4v) is 2.43. The lowest BCUT2D eigenvalue weighted by Crippen LogP contribution is -2.42. The van der Waals surface area contributed by atoms with Crippen molar-refractivity contribution in [2.45, 2.75) is 13.5 Å². The largest absolute Gasteiger partial charge is 0.493 e. The molecule has 18 heavy (non-hydrogen) atoms. The van der Waals surface area contributed by atoms with Crippen LogP contribution in [0.25, 0.3) is 0 Å². The number of nitrogens with zero attached hydrogens (tertiary/aromatic N) is 1. The van der Waals surface area contributed by atoms with Gasteiger partial charge in [-0.15, -0.1) is 0 Å². The average molecular weight is 289 g/mol. The predicted octanol–water partition coefficient (Wildman–Crippen LogP) is 2.80. The van der Waals surface area contributed by atoms with Gasteiger partial charge in [-0.25, -0.2) is 0 Å². The lowest BCUT2D eigenvalue weighted by atomic mass is 10.1. The molecule has 0 radical (unpaired) electrons. The van der Waals surface area contributed by atoms with Gasteiger partial charge in [0.15, 0.2) is 0 Å². The maximum absolute atomic E-state index is 6.09. The van der Waals surface area contributed by atoms with Crippen molar-refractivity contribution in [2.24, 2.45) is 0 Å². The van der Waals surface area contributed by atoms with E-state index in [0.717, 1.165) is 44.0 Å². The van der Waals surface area contributed by atoms with Crippen LogP contribution in [0, 0.1) is 0 Å². The summed E-state index contributed by atoms with van der Waals surface area (Å²) >= 11 is 12.1. The van der Waals surface area contributed by atoms with Crippen LogP contribution in [0.2, 0.25) is 10.0 Å². The first-order valence-electron chi connectivity index (χ1n) is 6.24. The van der Waals surface area contributed by atoms with Crippen molar-refractivity contribution >= 4 is 23.2 Å². The third-order valence-corrected chi connectivity index (χ3v) is 3.73. The Labute approximate surface area is 118 Å². The minimum absolute atomic E-state index is 0.546. The van der Waals surface area contributed by atoms with Gasteiger partial charge in [0.25, 0.3) is 0 Å². The zero-order chi connectivity index (χ0) is 13.0. The normalized spacial score (nSPS) is 16.8. The molecule has 0 saturated carbocycles. The molecule has 0 unspecified atom stereocenters. The minimum atomic E-state index is 0.546. The number of halogens is 2. The number of benzene rings is 1. The van der Waals surface area contributed by atoms with Crippen molar-refractivity contribution < 1.29 is 4.74 Å². The quantitative estimate of drug-likeness (QED) is 0.922. The monoisotopic (exact) mass is 288 g/mol. The number of hydrogen-bond acceptors (Lipinski definition) is 3. The van der Waals surface area contributed by atoms with E-state index in [1.54, 1.807) is 0 Å². The van der Waals surface area contributed by atoms with Gasteiger partial charge in [-0.05, 0) is 13.0 Å². The molecule has 1 aliphatic heterocycles. The minimum Gasteiger partial charge on any atom is -0.493 e. The van der Waals surface area contributed by atoms with Crippen LogP contribution in [0.5, 0.6) is 5.75 Å². The highest BCUT2D eigenvalue weighted by Crippen LogP contribution is 2.31. The average Bonchev–Trinajstić information content (AvgIpc) is 2.37. The van der Waals surface area contributed by atoms with Crippen molar-refractivity contribution in [2.75, 3.05) is 32.8 Å². The van der Waals surface area contributed by atoms with Gasteiger partial charge in [-0.2, -0.15) is 0 Å². The summed E-state index contributed by atoms with van der Waals surface area (Å²) in [5, 5.41) is 4.47. The predicted molar refractivity (Wildman–Crippen MR) is 75.8 cm³/mol. The summed E-state index contributed by atoms with van der Waals surface area (Å²) in [7, 11) is 0. The molecule has 0 aromatic heterocycles. The van der Waals surface area contributed by atoms with Crippen molar-refractivity contribution in [3.8, 4) is 5.75 Å². The van der Waals surface area contributed by atoms with Crippen LogP contribution in [-0.4, -0.2) is 37.7 Å². The number of rotatable bonds is 4. The zero-order valence-electron chi connectivity index (χ0n) is 10.5. The maximum atomic E-state index is 6.09. The summed E-state index contributed by atoms with van der Waals surface area (Å²) in [4.78, 5) is 2.39. The summed E-state index contributed by atoms with van der Waals surface area (Å²) in [5.41, 5.74) is 1.10. The second-order valence-corrected chi connectivity index (χ2v) is 5.15. The Kier molecular flexibility index (Phi) is 5.13. The smallest absolute Gasteiger partial charge is 0.125 e. The van der Waals surface area contributed by atoms with E-state index >= 15 is 0 Å². The molecule has 1 fully saturated rings. The first kappa shape index (κ1) is 13.9. The third-order valence-electron chi connectivity index (χ3n) is 3.01. The molecular weight excluding hydrogens is 271 g/mol. The molecule has 0 amide bonds. The van der Waals surface area contributed by atoms with Crippen molar-refractivity contribution in [1.29, 1.82) is 0 Å². The number of hydrogen-bond donors (Lipinski definition) is 1. The van der Waals surface area contributed by atoms with Gasteiger partial charge in [0.05, 0.1) is 16.7 Å². The molecular formula is C13H18Cl2N2O. The number of piperazine rings is 1. The fraction of sp³-hybridized carbons (Fsp3) is 0.538. The van der Waals surface area contributed by atoms with Crippen molar-refractivity contribution in [1.82, 2.24) is 10.2 Å². The Morgan fingerprint density at radius 2 is 1.89 bits per heavy atom. The van der Waals surface area contributed by atoms with Crippen molar-refractivity contribution in [3.05, 3.63) is 27.7 Å². The van der Waals surface area contributed by atoms with E-state index in [9.17, 15) is 0 Å². The molecule has 1 aliphatic rings. The van der Waals surface area contributed by atoms with Crippen LogP contribution in [0.15, 0.2) is 12.1 Å². The van der Waals surface area contributed by atoms with Crippen LogP contribution in [0.4, 0.5) is 0 Å². The van der Waals surface area contributed by atoms with Crippen LogP contribution < -0.4 is 10.1 Å². The fourth-order valence-electron chi connectivity index (χ4n) is 2.09. The third kappa shape index (κ3) is 3.51. The molecule has 3 nitrogen and oxygen atoms in total. The highest BCUT2D eigenvalue weighted by atomic mass is 35.5. The molecule has 5 heteroatoms. The molecule has 1 N–H and O–H groups in total. The van der Waals surface area contributed by atoms with Crippen LogP contribution >= 0.6 is 23.2 Å². The van der Waals surface area contributed by atoms with E-state index < -0.39 is 0 Å². The Hall–Kier alpha value is -0.480. The summed E-state index contributed by atoms with van der Waals surface area (Å²) in [6.45, 7) is 7.62. The Morgan fingerprint density at radius 3 is 2.56 bits per heavy atom. The Bertz CT molecular complexity index is 406. The topological polar surface area (TPSA) is 24.5 Å². The van der Waals surface area contributed by atoms with E-state index in [2.05, 4.69) is 10.2 Å². The highest BCUT2D eigenvalue weighted by Gasteiger charge is 2.14. The maximum Gasteiger partial charge on any atom is 0.125 e. The molecule has 1 heterocycles. The number of nitrogens with one attached hydrogen (secondary N) is 1. The summed E-state index contributed by atoms with van der Waals surface area (Å²) < 4.78 is 5.63. The first-order valence-corrected chi connectivity index (χ1v) is 7.00. The molecule has 1 aromatic rings. The molecule has 1 aromatic carbocycles. The molecule has 0 atom stereocenters. The van der Waals surface area contributed by atoms with E-state index in [1.165, 1.54) is 0 Å². The van der Waals surface area contributed by atoms with Gasteiger partial charge in [-0.3, -0.25) is 4.90 Å². The van der Waals surface area contributed by atoms with Crippen molar-refractivity contribution in [3.63, 3.8) is 0 Å². The van der Waals surface area contributed by atoms with E-state index in [-0.39, 0.29) is 0 Å². The zero-order valence-corrected chi connectivity index (χ0v) is 12.0. The van der Waals surface area contributed by atoms with Crippen LogP contribution in [0.3, 0.4) is 0 Å². The van der Waals surface area contributed by atoms with Gasteiger partial charge in [0.1, 0.15) is 5.75 Å². The lowest BCUT2D eigenvalue weighted by molar-refractivity contribution is 0.228. The SMILES string of the molecule is CCOc1cc(Cl)c(Cl)cc1CN1CCNCC1. The van der Waals surface area contributed by atoms with Gasteiger partial charge in [0.2, 0.25) is 0 Å². The van der Waals surface area contributed by atoms with E-state index in [4.69, 9.17) is 27.9 Å². The Balaban J connectivity index is 2.16. The second kappa shape index (κ2) is 6.62. The summed E-state index contributed by atoms with van der Waals surface area (Å²) in [5.74, 6) is 0.838. The standard InChI is InChI=1S/C13H18Cl2N2O/c1-2-18-13-8-12(15)11(14)7-10(13)9-17-5-3-16-4-6-17/h7-8,16H,2-6,9H2,1H3. The van der Waals surface area contributed by atoms with E-state index in [1.807, 2.05) is 19.1 Å². The number of ether oxygens (including phenoxy) is 1. The molecule has 100 valence electrons. The van der Waals surface area contributed by atoms with Crippen LogP contribution in [-0.2, 0) is 6.54 Å². The highest BCUT2D eigenvalue weighted by molar-refractivity contribution is 6.42. The molecule has 0 spiro atoms. The summed E-state index contributed by atoms with van der Waals surface area (Å²) in [6, 6.07) is 3.72. The van der Waals surface area contributed by atoms with Gasteiger partial charge in [0, 0.05) is 44.4 Å². The van der Waals surface area contributed by atoms with E-state index in [0.29, 0.717) is 16.7 Å². The summed E-state index contributed by atoms with van der Waals surface area (Å²) in [6.07, 6.45) is 0. The second-order valence-electron chi connectivity index (χ2n) is 4.33. The van der Waals surface area contributed by atoms with Crippen LogP contribution in [0.1, 0.15) is 12.5 Å². The van der Waals surface area contributed by atoms with Gasteiger partial charge < -0.3 is 10.1 Å². The molecule has 0 aliphatic carbocycles.